The summed E-state index contributed by atoms with van der Waals surface area (Å²) < 4.78 is 75.0. The number of likely N-dealkylation sites (tertiary alicyclic amines) is 3. The van der Waals surface area contributed by atoms with Crippen LogP contribution in [-0.4, -0.2) is 217 Å². The quantitative estimate of drug-likeness (QED) is 0.0167. The average molecular weight is 1900 g/mol. The molecule has 6 aromatic carbocycles. The Morgan fingerprint density at radius 2 is 0.847 bits per heavy atom. The molecule has 704 valence electrons. The molecule has 8 aromatic rings. The highest BCUT2D eigenvalue weighted by Gasteiger charge is 2.57. The highest BCUT2D eigenvalue weighted by Crippen LogP contribution is 2.60. The van der Waals surface area contributed by atoms with Gasteiger partial charge in [0.2, 0.25) is 17.7 Å². The summed E-state index contributed by atoms with van der Waals surface area (Å²) in [6, 6.07) is 39.0. The fraction of sp³-hybridized carbons (Fsp3) is 0.447. The van der Waals surface area contributed by atoms with Gasteiger partial charge >= 0.3 is 43.6 Å². The molecule has 2 aliphatic carbocycles. The number of alkyl carbamates (subject to hydrolysis) is 4. The molecule has 8 heterocycles. The summed E-state index contributed by atoms with van der Waals surface area (Å²) in [6.07, 6.45) is 15.6. The first-order valence-corrected chi connectivity index (χ1v) is 43.1. The lowest BCUT2D eigenvalue weighted by atomic mass is 9.95. The van der Waals surface area contributed by atoms with Crippen molar-refractivity contribution in [3.05, 3.63) is 169 Å². The Hall–Kier alpha value is -11.2. The van der Waals surface area contributed by atoms with Crippen LogP contribution < -0.4 is 26.6 Å². The van der Waals surface area contributed by atoms with E-state index in [1.54, 1.807) is 4.90 Å². The summed E-state index contributed by atoms with van der Waals surface area (Å²) in [5.74, 6) is -0.609. The summed E-state index contributed by atoms with van der Waals surface area (Å²) >= 11 is 0. The van der Waals surface area contributed by atoms with Crippen LogP contribution in [0, 0.1) is 22.7 Å². The van der Waals surface area contributed by atoms with E-state index in [-0.39, 0.29) is 121 Å². The van der Waals surface area contributed by atoms with Gasteiger partial charge in [0.1, 0.15) is 35.8 Å². The smallest absolute Gasteiger partial charge is 0.407 e. The second-order valence-corrected chi connectivity index (χ2v) is 34.5. The number of carbonyl (C=O) groups excluding carboxylic acids is 7. The Bertz CT molecular complexity index is 5510. The van der Waals surface area contributed by atoms with Crippen LogP contribution in [-0.2, 0) is 47.6 Å². The van der Waals surface area contributed by atoms with Gasteiger partial charge in [-0.15, -0.1) is 49.6 Å². The van der Waals surface area contributed by atoms with Gasteiger partial charge in [0.25, 0.3) is 0 Å². The second kappa shape index (κ2) is 45.3. The number of nitrogens with one attached hydrogen (secondary N) is 7. The van der Waals surface area contributed by atoms with E-state index in [0.717, 1.165) is 143 Å². The summed E-state index contributed by atoms with van der Waals surface area (Å²) in [6.45, 7) is 3.77. The SMILES string of the molecule is COC(=O)N[C@@H](CCOC(F)F)C(=O)N1CCC[C@H]1C1=NC=C(c2ccc(-c3ccc4cc(-c5cnc([C@@H]6CC7(CC7)CN6C(=O)[C@@H](NC(=O)OC)C(C)C)[nH]5)ccc4c3)cc2)C1.COC(=O)N[C@@H](CCOC(F)F)C(=O)O.COC(=O)N[C@H](C(=O)N1CC2(CC2)C[C@H]1c1ncc(-c2ccc3cc(-c4ccc(C5=CN=C([C@@H]6CCCN6)C5)cc4)ccc3c2)[nH]1)C(C)C.Cl.Cl.Cl.Cl. The van der Waals surface area contributed by atoms with Crippen LogP contribution in [0.4, 0.5) is 36.7 Å². The van der Waals surface area contributed by atoms with E-state index in [1.807, 2.05) is 67.6 Å². The number of fused-ring (bicyclic) bond motifs is 2. The van der Waals surface area contributed by atoms with E-state index in [0.29, 0.717) is 38.5 Å². The number of amides is 7. The van der Waals surface area contributed by atoms with Crippen LogP contribution in [0.1, 0.15) is 152 Å². The average Bonchev–Trinajstić information content (AvgIpc) is 1.59. The van der Waals surface area contributed by atoms with Crippen molar-refractivity contribution in [2.45, 2.75) is 179 Å². The molecule has 29 nitrogen and oxygen atoms in total. The van der Waals surface area contributed by atoms with Gasteiger partial charge in [0, 0.05) is 86.3 Å². The molecule has 16 rings (SSSR count). The van der Waals surface area contributed by atoms with E-state index in [1.165, 1.54) is 67.5 Å². The number of alkyl halides is 4. The predicted octanol–water partition coefficient (Wildman–Crippen LogP) is 17.2. The normalized spacial score (nSPS) is 19.1. The third-order valence-corrected chi connectivity index (χ3v) is 25.3. The number of benzene rings is 6. The number of imidazole rings is 2. The number of ether oxygens (including phenoxy) is 6. The topological polar surface area (TPSA) is 364 Å². The molecule has 4 saturated heterocycles. The van der Waals surface area contributed by atoms with Crippen LogP contribution in [0.5, 0.6) is 0 Å². The molecular formula is C94H112Cl4F4N14O15. The van der Waals surface area contributed by atoms with Crippen LogP contribution in [0.15, 0.2) is 156 Å². The van der Waals surface area contributed by atoms with Crippen LogP contribution >= 0.6 is 49.6 Å². The Balaban J connectivity index is 0.000000233. The highest BCUT2D eigenvalue weighted by molar-refractivity contribution is 6.05. The van der Waals surface area contributed by atoms with Gasteiger partial charge in [-0.25, -0.2) is 33.9 Å². The highest BCUT2D eigenvalue weighted by atomic mass is 35.5. The molecule has 2 aromatic heterocycles. The lowest BCUT2D eigenvalue weighted by Crippen LogP contribution is -2.52. The third kappa shape index (κ3) is 24.8. The number of carboxylic acid groups (broad SMARTS) is 1. The standard InChI is InChI=1S/C47H53F2N7O7.C40H44N6O3.C7H11F2NO5.4ClH/c1-27(2)40(54-46(60)62-4)43(58)56-26-47(16-17-47)23-39(56)41-51-25-37(52-41)33-14-13-31-20-30(11-12-32(31)21-33)28-7-9-29(10-8-28)34-22-36(50-24-34)38-6-5-18-55(38)42(57)35(53-45(59)61-3)15-19-63-44(48)49;1-24(2)36(45-39(48)49-3)38(47)46-23-40(14-15-40)20-35(46)37-43-22-34(44-37)30-13-12-28-17-27(10-11-29(28)18-30)25-6-8-26(9-7-25)31-19-33(42-21-31)32-5-4-16-41-32;1-14-7(13)10-4(5(11)12)2-3-15-6(8)9;;;;/h7-14,20-21,24-25,27,35,38-40,44H,5-6,15-19,22-23,26H2,1-4H3,(H,51,52)(H,53,59)(H,54,60);6-13,17-18,21-22,24,32,35-36,41H,4-5,14-16,19-20,23H2,1-3H3,(H,43,44)(H,45,48);4,6H,2-3H2,1H3,(H,10,13)(H,11,12);4*1H/t35-,38-,39-,40-;32-,35-,36-;4-;;;;/m000..../s1. The maximum Gasteiger partial charge on any atom is 0.407 e. The maximum atomic E-state index is 13.9. The fourth-order valence-corrected chi connectivity index (χ4v) is 17.8. The number of methoxy groups -OCH3 is 4. The van der Waals surface area contributed by atoms with Crippen molar-refractivity contribution in [1.82, 2.24) is 61.2 Å². The summed E-state index contributed by atoms with van der Waals surface area (Å²) in [5, 5.41) is 26.5. The minimum Gasteiger partial charge on any atom is -0.480 e. The predicted molar refractivity (Wildman–Crippen MR) is 498 cm³/mol. The van der Waals surface area contributed by atoms with E-state index < -0.39 is 80.9 Å². The molecule has 8 N–H and O–H groups in total. The molecule has 2 spiro atoms. The number of aliphatic imine (C=N–C) groups is 2. The van der Waals surface area contributed by atoms with Crippen LogP contribution in [0.25, 0.3) is 77.5 Å². The Morgan fingerprint density at radius 1 is 0.466 bits per heavy atom. The molecule has 7 amide bonds. The fourth-order valence-electron chi connectivity index (χ4n) is 17.8. The van der Waals surface area contributed by atoms with E-state index in [2.05, 4.69) is 172 Å². The van der Waals surface area contributed by atoms with Crippen molar-refractivity contribution >= 4 is 142 Å². The molecule has 0 unspecified atom stereocenters. The summed E-state index contributed by atoms with van der Waals surface area (Å²) in [4.78, 5) is 130. The molecule has 131 heavy (non-hydrogen) atoms. The number of H-pyrrole nitrogens is 2. The zero-order chi connectivity index (χ0) is 90.0. The number of allylic oxidation sites excluding steroid dienone is 2. The number of aromatic nitrogens is 4. The van der Waals surface area contributed by atoms with Crippen LogP contribution in [0.2, 0.25) is 0 Å². The van der Waals surface area contributed by atoms with E-state index in [4.69, 9.17) is 34.5 Å². The largest absolute Gasteiger partial charge is 0.480 e. The number of aliphatic carboxylic acids is 1. The maximum absolute atomic E-state index is 13.9. The Labute approximate surface area is 781 Å². The van der Waals surface area contributed by atoms with E-state index >= 15 is 0 Å². The minimum absolute atomic E-state index is 0. The number of nitrogens with zero attached hydrogens (tertiary/aromatic N) is 7. The molecule has 0 radical (unpaired) electrons. The third-order valence-electron chi connectivity index (χ3n) is 25.3. The molecule has 6 aliphatic heterocycles. The van der Waals surface area contributed by atoms with Gasteiger partial charge in [-0.05, 0) is 184 Å². The first-order chi connectivity index (χ1) is 61.1. The second-order valence-electron chi connectivity index (χ2n) is 34.5. The van der Waals surface area contributed by atoms with E-state index in [9.17, 15) is 55.9 Å². The van der Waals surface area contributed by atoms with Crippen molar-refractivity contribution in [2.75, 3.05) is 67.8 Å². The number of carbonyl (C=O) groups is 8. The van der Waals surface area contributed by atoms with Gasteiger partial charge in [0.05, 0.1) is 83.6 Å². The number of carboxylic acids is 1. The number of hydrogen-bond acceptors (Lipinski definition) is 19. The van der Waals surface area contributed by atoms with Crippen LogP contribution in [0.3, 0.4) is 0 Å². The number of halogens is 8. The molecule has 37 heteroatoms. The monoisotopic (exact) mass is 1890 g/mol. The van der Waals surface area contributed by atoms with Gasteiger partial charge < -0.3 is 84.8 Å². The Kier molecular flexibility index (Phi) is 35.2. The van der Waals surface area contributed by atoms with Crippen molar-refractivity contribution in [2.24, 2.45) is 32.7 Å². The first kappa shape index (κ1) is 102. The Morgan fingerprint density at radius 3 is 1.24 bits per heavy atom. The van der Waals surface area contributed by atoms with Crippen molar-refractivity contribution in [3.63, 3.8) is 0 Å². The lowest BCUT2D eigenvalue weighted by Gasteiger charge is -2.30. The summed E-state index contributed by atoms with van der Waals surface area (Å²) in [7, 11) is 4.85. The first-order valence-electron chi connectivity index (χ1n) is 43.1. The summed E-state index contributed by atoms with van der Waals surface area (Å²) in [5.41, 5.74) is 15.2. The number of rotatable bonds is 28. The molecule has 8 atom stereocenters. The van der Waals surface area contributed by atoms with Gasteiger partial charge in [-0.3, -0.25) is 24.4 Å². The molecule has 2 saturated carbocycles. The van der Waals surface area contributed by atoms with Crippen molar-refractivity contribution in [1.29, 1.82) is 0 Å². The lowest BCUT2D eigenvalue weighted by molar-refractivity contribution is -0.145. The van der Waals surface area contributed by atoms with Gasteiger partial charge in [-0.2, -0.15) is 17.6 Å². The molecular weight excluding hydrogens is 1780 g/mol. The number of aromatic amines is 2. The zero-order valence-electron chi connectivity index (χ0n) is 73.9. The van der Waals surface area contributed by atoms with Crippen molar-refractivity contribution in [3.8, 4) is 44.8 Å². The number of hydrogen-bond donors (Lipinski definition) is 8. The van der Waals surface area contributed by atoms with Gasteiger partial charge in [-0.1, -0.05) is 125 Å². The zero-order valence-corrected chi connectivity index (χ0v) is 77.1. The molecule has 0 bridgehead atoms. The molecule has 6 fully saturated rings. The minimum atomic E-state index is -2.98. The molecule has 8 aliphatic rings. The van der Waals surface area contributed by atoms with Gasteiger partial charge in [0.15, 0.2) is 0 Å². The van der Waals surface area contributed by atoms with Crippen molar-refractivity contribution < 1.29 is 89.4 Å².